The van der Waals surface area contributed by atoms with Gasteiger partial charge in [0.2, 0.25) is 0 Å². The van der Waals surface area contributed by atoms with Crippen molar-refractivity contribution in [2.45, 2.75) is 26.3 Å². The molecule has 0 bridgehead atoms. The molecule has 1 rings (SSSR count). The van der Waals surface area contributed by atoms with Crippen LogP contribution in [-0.4, -0.2) is 36.8 Å². The van der Waals surface area contributed by atoms with Crippen LogP contribution in [0.25, 0.3) is 0 Å². The average molecular weight is 237 g/mol. The molecule has 0 amide bonds. The summed E-state index contributed by atoms with van der Waals surface area (Å²) in [5.41, 5.74) is 2.12. The van der Waals surface area contributed by atoms with E-state index < -0.39 is 0 Å². The van der Waals surface area contributed by atoms with Gasteiger partial charge in [0.25, 0.3) is 0 Å². The lowest BCUT2D eigenvalue weighted by Crippen LogP contribution is -2.27. The topological polar surface area (TPSA) is 48.4 Å². The van der Waals surface area contributed by atoms with Gasteiger partial charge in [0.05, 0.1) is 24.2 Å². The standard InChI is InChI=1S/C13H23N3O/c1-4-7-16(8-9-17)12-5-6-13(15-10-12)11(2)14-3/h5-6,10-11,14,17H,4,7-9H2,1-3H3. The van der Waals surface area contributed by atoms with Crippen LogP contribution in [0.1, 0.15) is 32.0 Å². The molecule has 0 radical (unpaired) electrons. The Balaban J connectivity index is 2.76. The summed E-state index contributed by atoms with van der Waals surface area (Å²) in [6.07, 6.45) is 2.95. The SMILES string of the molecule is CCCN(CCO)c1ccc(C(C)NC)nc1. The van der Waals surface area contributed by atoms with E-state index in [1.165, 1.54) is 0 Å². The number of rotatable bonds is 7. The summed E-state index contributed by atoms with van der Waals surface area (Å²) in [6.45, 7) is 6.00. The third kappa shape index (κ3) is 3.98. The molecule has 0 saturated heterocycles. The van der Waals surface area contributed by atoms with Crippen LogP contribution in [0.15, 0.2) is 18.3 Å². The second-order valence-corrected chi connectivity index (χ2v) is 4.16. The van der Waals surface area contributed by atoms with Crippen LogP contribution in [0, 0.1) is 0 Å². The molecule has 0 aliphatic heterocycles. The molecule has 0 aliphatic rings. The minimum atomic E-state index is 0.175. The molecule has 1 aromatic heterocycles. The molecule has 1 heterocycles. The first-order chi connectivity index (χ1) is 8.22. The predicted octanol–water partition coefficient (Wildman–Crippen LogP) is 1.57. The molecule has 96 valence electrons. The van der Waals surface area contributed by atoms with Crippen molar-refractivity contribution in [3.8, 4) is 0 Å². The lowest BCUT2D eigenvalue weighted by atomic mass is 10.2. The van der Waals surface area contributed by atoms with E-state index in [4.69, 9.17) is 5.11 Å². The number of nitrogens with zero attached hydrogens (tertiary/aromatic N) is 2. The number of nitrogens with one attached hydrogen (secondary N) is 1. The number of hydrogen-bond acceptors (Lipinski definition) is 4. The number of anilines is 1. The van der Waals surface area contributed by atoms with Crippen molar-refractivity contribution in [1.29, 1.82) is 0 Å². The fourth-order valence-corrected chi connectivity index (χ4v) is 1.75. The maximum absolute atomic E-state index is 9.03. The molecular weight excluding hydrogens is 214 g/mol. The monoisotopic (exact) mass is 237 g/mol. The van der Waals surface area contributed by atoms with Crippen molar-refractivity contribution in [3.05, 3.63) is 24.0 Å². The van der Waals surface area contributed by atoms with Crippen molar-refractivity contribution in [2.75, 3.05) is 31.6 Å². The molecule has 1 atom stereocenters. The van der Waals surface area contributed by atoms with E-state index in [9.17, 15) is 0 Å². The first-order valence-corrected chi connectivity index (χ1v) is 6.22. The van der Waals surface area contributed by atoms with E-state index >= 15 is 0 Å². The molecule has 0 aliphatic carbocycles. The Kier molecular flexibility index (Phi) is 5.94. The lowest BCUT2D eigenvalue weighted by Gasteiger charge is -2.23. The van der Waals surface area contributed by atoms with E-state index in [1.54, 1.807) is 0 Å². The van der Waals surface area contributed by atoms with Gasteiger partial charge < -0.3 is 15.3 Å². The average Bonchev–Trinajstić information content (AvgIpc) is 2.38. The van der Waals surface area contributed by atoms with Crippen LogP contribution in [-0.2, 0) is 0 Å². The van der Waals surface area contributed by atoms with Gasteiger partial charge in [-0.25, -0.2) is 0 Å². The summed E-state index contributed by atoms with van der Waals surface area (Å²) in [4.78, 5) is 6.60. The molecule has 1 aromatic rings. The molecule has 0 saturated carbocycles. The quantitative estimate of drug-likeness (QED) is 0.756. The molecule has 4 nitrogen and oxygen atoms in total. The minimum absolute atomic E-state index is 0.175. The number of hydrogen-bond donors (Lipinski definition) is 2. The number of aromatic nitrogens is 1. The van der Waals surface area contributed by atoms with E-state index in [2.05, 4.69) is 35.1 Å². The predicted molar refractivity (Wildman–Crippen MR) is 71.3 cm³/mol. The minimum Gasteiger partial charge on any atom is -0.395 e. The molecule has 0 aromatic carbocycles. The van der Waals surface area contributed by atoms with E-state index in [0.29, 0.717) is 6.54 Å². The lowest BCUT2D eigenvalue weighted by molar-refractivity contribution is 0.302. The third-order valence-corrected chi connectivity index (χ3v) is 2.88. The highest BCUT2D eigenvalue weighted by atomic mass is 16.3. The number of pyridine rings is 1. The summed E-state index contributed by atoms with van der Waals surface area (Å²) < 4.78 is 0. The first-order valence-electron chi connectivity index (χ1n) is 6.22. The fraction of sp³-hybridized carbons (Fsp3) is 0.615. The van der Waals surface area contributed by atoms with Gasteiger partial charge in [-0.05, 0) is 32.5 Å². The Morgan fingerprint density at radius 1 is 1.41 bits per heavy atom. The van der Waals surface area contributed by atoms with Gasteiger partial charge in [-0.3, -0.25) is 4.98 Å². The van der Waals surface area contributed by atoms with E-state index in [1.807, 2.05) is 19.3 Å². The van der Waals surface area contributed by atoms with E-state index in [0.717, 1.165) is 24.3 Å². The highest BCUT2D eigenvalue weighted by molar-refractivity contribution is 5.44. The van der Waals surface area contributed by atoms with Gasteiger partial charge in [-0.2, -0.15) is 0 Å². The molecule has 4 heteroatoms. The van der Waals surface area contributed by atoms with Gasteiger partial charge in [0.15, 0.2) is 0 Å². The Morgan fingerprint density at radius 2 is 2.18 bits per heavy atom. The normalized spacial score (nSPS) is 12.5. The van der Waals surface area contributed by atoms with Crippen LogP contribution in [0.4, 0.5) is 5.69 Å². The van der Waals surface area contributed by atoms with Crippen LogP contribution in [0.3, 0.4) is 0 Å². The third-order valence-electron chi connectivity index (χ3n) is 2.88. The molecule has 0 fully saturated rings. The Bertz CT molecular complexity index is 307. The van der Waals surface area contributed by atoms with Gasteiger partial charge in [-0.15, -0.1) is 0 Å². The zero-order chi connectivity index (χ0) is 12.7. The second-order valence-electron chi connectivity index (χ2n) is 4.16. The van der Waals surface area contributed by atoms with Crippen LogP contribution in [0.2, 0.25) is 0 Å². The van der Waals surface area contributed by atoms with Crippen molar-refractivity contribution in [2.24, 2.45) is 0 Å². The number of aliphatic hydroxyl groups is 1. The molecule has 1 unspecified atom stereocenters. The second kappa shape index (κ2) is 7.25. The van der Waals surface area contributed by atoms with Crippen molar-refractivity contribution < 1.29 is 5.11 Å². The highest BCUT2D eigenvalue weighted by Gasteiger charge is 2.07. The zero-order valence-corrected chi connectivity index (χ0v) is 11.0. The Hall–Kier alpha value is -1.13. The Morgan fingerprint density at radius 3 is 2.65 bits per heavy atom. The summed E-state index contributed by atoms with van der Waals surface area (Å²) >= 11 is 0. The smallest absolute Gasteiger partial charge is 0.0606 e. The van der Waals surface area contributed by atoms with Gasteiger partial charge >= 0.3 is 0 Å². The maximum Gasteiger partial charge on any atom is 0.0606 e. The van der Waals surface area contributed by atoms with Crippen LogP contribution < -0.4 is 10.2 Å². The maximum atomic E-state index is 9.03. The summed E-state index contributed by atoms with van der Waals surface area (Å²) in [5.74, 6) is 0. The summed E-state index contributed by atoms with van der Waals surface area (Å²) in [6, 6.07) is 4.37. The number of aliphatic hydroxyl groups excluding tert-OH is 1. The van der Waals surface area contributed by atoms with Gasteiger partial charge in [0.1, 0.15) is 0 Å². The molecule has 17 heavy (non-hydrogen) atoms. The van der Waals surface area contributed by atoms with Crippen molar-refractivity contribution in [1.82, 2.24) is 10.3 Å². The summed E-state index contributed by atoms with van der Waals surface area (Å²) in [7, 11) is 1.93. The van der Waals surface area contributed by atoms with Gasteiger partial charge in [0, 0.05) is 19.1 Å². The van der Waals surface area contributed by atoms with Gasteiger partial charge in [-0.1, -0.05) is 6.92 Å². The first kappa shape index (κ1) is 13.9. The highest BCUT2D eigenvalue weighted by Crippen LogP contribution is 2.16. The fourth-order valence-electron chi connectivity index (χ4n) is 1.75. The summed E-state index contributed by atoms with van der Waals surface area (Å²) in [5, 5.41) is 12.2. The van der Waals surface area contributed by atoms with Crippen LogP contribution >= 0.6 is 0 Å². The van der Waals surface area contributed by atoms with Crippen LogP contribution in [0.5, 0.6) is 0 Å². The zero-order valence-electron chi connectivity index (χ0n) is 11.0. The molecule has 2 N–H and O–H groups in total. The molecular formula is C13H23N3O. The van der Waals surface area contributed by atoms with Crippen molar-refractivity contribution >= 4 is 5.69 Å². The largest absolute Gasteiger partial charge is 0.395 e. The Labute approximate surface area is 104 Å². The van der Waals surface area contributed by atoms with Crippen molar-refractivity contribution in [3.63, 3.8) is 0 Å². The molecule has 0 spiro atoms. The van der Waals surface area contributed by atoms with E-state index in [-0.39, 0.29) is 12.6 Å².